The number of carbonyl (C=O) groups excluding carboxylic acids is 1. The summed E-state index contributed by atoms with van der Waals surface area (Å²) >= 11 is 5.67. The second kappa shape index (κ2) is 8.37. The highest BCUT2D eigenvalue weighted by molar-refractivity contribution is 6.19. The molecule has 1 aromatic rings. The van der Waals surface area contributed by atoms with E-state index in [9.17, 15) is 4.79 Å². The van der Waals surface area contributed by atoms with Crippen LogP contribution in [0.25, 0.3) is 0 Å². The molecule has 0 radical (unpaired) electrons. The number of halogens is 1. The molecule has 0 spiro atoms. The van der Waals surface area contributed by atoms with Gasteiger partial charge in [-0.3, -0.25) is 9.69 Å². The Hall–Kier alpha value is -1.10. The zero-order valence-corrected chi connectivity index (χ0v) is 13.2. The SMILES string of the molecule is CC(CCl)C(=O)NCc1ccc(CN2CCOCC2)cc1. The summed E-state index contributed by atoms with van der Waals surface area (Å²) in [6.07, 6.45) is 0. The van der Waals surface area contributed by atoms with E-state index < -0.39 is 0 Å². The molecule has 1 aromatic carbocycles. The Kier molecular flexibility index (Phi) is 6.49. The standard InChI is InChI=1S/C16H23ClN2O2/c1-13(10-17)16(20)18-11-14-2-4-15(5-3-14)12-19-6-8-21-9-7-19/h2-5,13H,6-12H2,1H3,(H,18,20). The van der Waals surface area contributed by atoms with Gasteiger partial charge in [-0.05, 0) is 11.1 Å². The number of hydrogen-bond acceptors (Lipinski definition) is 3. The predicted molar refractivity (Wildman–Crippen MR) is 84.3 cm³/mol. The van der Waals surface area contributed by atoms with Crippen LogP contribution in [0.2, 0.25) is 0 Å². The first kappa shape index (κ1) is 16.3. The number of rotatable bonds is 6. The summed E-state index contributed by atoms with van der Waals surface area (Å²) < 4.78 is 5.35. The average Bonchev–Trinajstić information content (AvgIpc) is 2.54. The molecule has 5 heteroatoms. The van der Waals surface area contributed by atoms with Crippen LogP contribution in [0.1, 0.15) is 18.1 Å². The topological polar surface area (TPSA) is 41.6 Å². The van der Waals surface area contributed by atoms with Gasteiger partial charge < -0.3 is 10.1 Å². The monoisotopic (exact) mass is 310 g/mol. The van der Waals surface area contributed by atoms with Crippen molar-refractivity contribution in [3.8, 4) is 0 Å². The van der Waals surface area contributed by atoms with Crippen LogP contribution in [0.15, 0.2) is 24.3 Å². The van der Waals surface area contributed by atoms with Crippen LogP contribution in [0.3, 0.4) is 0 Å². The number of alkyl halides is 1. The summed E-state index contributed by atoms with van der Waals surface area (Å²) in [5, 5.41) is 2.90. The molecule has 1 atom stereocenters. The minimum Gasteiger partial charge on any atom is -0.379 e. The van der Waals surface area contributed by atoms with Crippen molar-refractivity contribution in [2.45, 2.75) is 20.0 Å². The van der Waals surface area contributed by atoms with Gasteiger partial charge in [0.25, 0.3) is 0 Å². The Bertz CT molecular complexity index is 444. The first-order chi connectivity index (χ1) is 10.2. The van der Waals surface area contributed by atoms with Gasteiger partial charge in [0.1, 0.15) is 0 Å². The molecule has 1 aliphatic heterocycles. The number of nitrogens with one attached hydrogen (secondary N) is 1. The van der Waals surface area contributed by atoms with Crippen LogP contribution in [-0.4, -0.2) is 43.0 Å². The number of nitrogens with zero attached hydrogens (tertiary/aromatic N) is 1. The molecule has 116 valence electrons. The summed E-state index contributed by atoms with van der Waals surface area (Å²) in [6, 6.07) is 8.40. The highest BCUT2D eigenvalue weighted by atomic mass is 35.5. The van der Waals surface area contributed by atoms with Crippen molar-refractivity contribution in [3.05, 3.63) is 35.4 Å². The molecule has 0 aliphatic carbocycles. The lowest BCUT2D eigenvalue weighted by Crippen LogP contribution is -2.35. The zero-order chi connectivity index (χ0) is 15.1. The minimum absolute atomic E-state index is 0.00222. The molecular formula is C16H23ClN2O2. The van der Waals surface area contributed by atoms with Crippen LogP contribution in [0.5, 0.6) is 0 Å². The quantitative estimate of drug-likeness (QED) is 0.817. The second-order valence-corrected chi connectivity index (χ2v) is 5.79. The third-order valence-electron chi connectivity index (χ3n) is 3.68. The molecule has 1 heterocycles. The third kappa shape index (κ3) is 5.30. The van der Waals surface area contributed by atoms with Gasteiger partial charge >= 0.3 is 0 Å². The molecule has 0 aromatic heterocycles. The van der Waals surface area contributed by atoms with E-state index in [0.29, 0.717) is 12.4 Å². The van der Waals surface area contributed by atoms with Crippen LogP contribution < -0.4 is 5.32 Å². The molecule has 1 unspecified atom stereocenters. The average molecular weight is 311 g/mol. The second-order valence-electron chi connectivity index (χ2n) is 5.48. The molecule has 1 amide bonds. The zero-order valence-electron chi connectivity index (χ0n) is 12.5. The van der Waals surface area contributed by atoms with Gasteiger partial charge in [0.05, 0.1) is 13.2 Å². The summed E-state index contributed by atoms with van der Waals surface area (Å²) in [5.74, 6) is 0.208. The summed E-state index contributed by atoms with van der Waals surface area (Å²) in [6.45, 7) is 6.97. The Morgan fingerprint density at radius 1 is 1.29 bits per heavy atom. The predicted octanol–water partition coefficient (Wildman–Crippen LogP) is 2.01. The normalized spacial score (nSPS) is 17.4. The number of benzene rings is 1. The Morgan fingerprint density at radius 2 is 1.90 bits per heavy atom. The fourth-order valence-electron chi connectivity index (χ4n) is 2.21. The van der Waals surface area contributed by atoms with Crippen molar-refractivity contribution in [1.82, 2.24) is 10.2 Å². The Morgan fingerprint density at radius 3 is 2.52 bits per heavy atom. The van der Waals surface area contributed by atoms with E-state index in [1.54, 1.807) is 0 Å². The first-order valence-electron chi connectivity index (χ1n) is 7.40. The molecule has 2 rings (SSSR count). The van der Waals surface area contributed by atoms with E-state index in [1.807, 2.05) is 6.92 Å². The minimum atomic E-state index is -0.146. The molecule has 21 heavy (non-hydrogen) atoms. The van der Waals surface area contributed by atoms with Crippen LogP contribution in [0.4, 0.5) is 0 Å². The molecule has 1 fully saturated rings. The van der Waals surface area contributed by atoms with E-state index >= 15 is 0 Å². The molecular weight excluding hydrogens is 288 g/mol. The molecule has 4 nitrogen and oxygen atoms in total. The first-order valence-corrected chi connectivity index (χ1v) is 7.94. The number of hydrogen-bond donors (Lipinski definition) is 1. The molecule has 1 aliphatic rings. The number of carbonyl (C=O) groups is 1. The van der Waals surface area contributed by atoms with E-state index in [4.69, 9.17) is 16.3 Å². The van der Waals surface area contributed by atoms with E-state index in [2.05, 4.69) is 34.5 Å². The van der Waals surface area contributed by atoms with Crippen molar-refractivity contribution in [2.24, 2.45) is 5.92 Å². The van der Waals surface area contributed by atoms with E-state index in [-0.39, 0.29) is 11.8 Å². The maximum Gasteiger partial charge on any atom is 0.224 e. The number of morpholine rings is 1. The summed E-state index contributed by atoms with van der Waals surface area (Å²) in [5.41, 5.74) is 2.40. The summed E-state index contributed by atoms with van der Waals surface area (Å²) in [4.78, 5) is 14.1. The van der Waals surface area contributed by atoms with Gasteiger partial charge in [-0.2, -0.15) is 0 Å². The highest BCUT2D eigenvalue weighted by Gasteiger charge is 2.12. The molecule has 0 bridgehead atoms. The maximum atomic E-state index is 11.7. The molecule has 1 N–H and O–H groups in total. The van der Waals surface area contributed by atoms with Crippen LogP contribution in [0, 0.1) is 5.92 Å². The molecule has 1 saturated heterocycles. The van der Waals surface area contributed by atoms with Gasteiger partial charge in [-0.1, -0.05) is 31.2 Å². The fourth-order valence-corrected chi connectivity index (χ4v) is 2.35. The van der Waals surface area contributed by atoms with Gasteiger partial charge in [-0.25, -0.2) is 0 Å². The summed E-state index contributed by atoms with van der Waals surface area (Å²) in [7, 11) is 0. The van der Waals surface area contributed by atoms with Crippen LogP contribution in [-0.2, 0) is 22.6 Å². The Labute approximate surface area is 131 Å². The van der Waals surface area contributed by atoms with Crippen molar-refractivity contribution in [2.75, 3.05) is 32.2 Å². The lowest BCUT2D eigenvalue weighted by Gasteiger charge is -2.26. The lowest BCUT2D eigenvalue weighted by atomic mass is 10.1. The van der Waals surface area contributed by atoms with Gasteiger partial charge in [0.2, 0.25) is 5.91 Å². The maximum absolute atomic E-state index is 11.7. The third-order valence-corrected chi connectivity index (χ3v) is 4.14. The highest BCUT2D eigenvalue weighted by Crippen LogP contribution is 2.09. The van der Waals surface area contributed by atoms with Gasteiger partial charge in [-0.15, -0.1) is 11.6 Å². The smallest absolute Gasteiger partial charge is 0.224 e. The van der Waals surface area contributed by atoms with E-state index in [1.165, 1.54) is 5.56 Å². The van der Waals surface area contributed by atoms with Gasteiger partial charge in [0.15, 0.2) is 0 Å². The largest absolute Gasteiger partial charge is 0.379 e. The van der Waals surface area contributed by atoms with Crippen molar-refractivity contribution >= 4 is 17.5 Å². The lowest BCUT2D eigenvalue weighted by molar-refractivity contribution is -0.124. The van der Waals surface area contributed by atoms with Crippen molar-refractivity contribution in [1.29, 1.82) is 0 Å². The van der Waals surface area contributed by atoms with Crippen molar-refractivity contribution in [3.63, 3.8) is 0 Å². The number of amides is 1. The van der Waals surface area contributed by atoms with Crippen molar-refractivity contribution < 1.29 is 9.53 Å². The number of ether oxygens (including phenoxy) is 1. The van der Waals surface area contributed by atoms with Crippen LogP contribution >= 0.6 is 11.6 Å². The fraction of sp³-hybridized carbons (Fsp3) is 0.562. The van der Waals surface area contributed by atoms with Gasteiger partial charge in [0, 0.05) is 38.0 Å². The molecule has 0 saturated carbocycles. The van der Waals surface area contributed by atoms with E-state index in [0.717, 1.165) is 38.4 Å². The Balaban J connectivity index is 1.80.